The van der Waals surface area contributed by atoms with Crippen molar-refractivity contribution in [2.45, 2.75) is 25.2 Å². The number of aliphatic hydroxyl groups excluding tert-OH is 1. The molecule has 130 valence electrons. The minimum Gasteiger partial charge on any atom is -0.504 e. The van der Waals surface area contributed by atoms with E-state index in [9.17, 15) is 28.2 Å². The second kappa shape index (κ2) is 6.52. The van der Waals surface area contributed by atoms with Crippen LogP contribution < -0.4 is 5.32 Å². The number of aromatic nitrogens is 2. The molecule has 0 saturated carbocycles. The van der Waals surface area contributed by atoms with E-state index < -0.39 is 29.8 Å². The molecule has 0 saturated heterocycles. The van der Waals surface area contributed by atoms with Crippen LogP contribution in [0.25, 0.3) is 0 Å². The van der Waals surface area contributed by atoms with Crippen molar-refractivity contribution in [2.24, 2.45) is 7.05 Å². The molecule has 0 radical (unpaired) electrons. The van der Waals surface area contributed by atoms with Crippen molar-refractivity contribution in [3.05, 3.63) is 47.3 Å². The molecule has 2 unspecified atom stereocenters. The lowest BCUT2D eigenvalue weighted by atomic mass is 10.0. The molecule has 0 bridgehead atoms. The van der Waals surface area contributed by atoms with Crippen LogP contribution in [0.3, 0.4) is 0 Å². The second-order valence-electron chi connectivity index (χ2n) is 5.33. The monoisotopic (exact) mass is 343 g/mol. The van der Waals surface area contributed by atoms with Crippen LogP contribution in [0.15, 0.2) is 30.5 Å². The van der Waals surface area contributed by atoms with Crippen molar-refractivity contribution in [3.8, 4) is 5.75 Å². The number of nitrogens with zero attached hydrogens (tertiary/aromatic N) is 2. The zero-order chi connectivity index (χ0) is 18.1. The molecule has 1 amide bonds. The highest BCUT2D eigenvalue weighted by Crippen LogP contribution is 2.31. The summed E-state index contributed by atoms with van der Waals surface area (Å²) in [5.41, 5.74) is -0.955. The van der Waals surface area contributed by atoms with Gasteiger partial charge in [0.05, 0.1) is 17.8 Å². The van der Waals surface area contributed by atoms with Crippen LogP contribution in [0.4, 0.5) is 13.2 Å². The molecule has 1 aromatic carbocycles. The average Bonchev–Trinajstić information content (AvgIpc) is 2.84. The molecule has 3 N–H and O–H groups in total. The zero-order valence-corrected chi connectivity index (χ0v) is 12.9. The zero-order valence-electron chi connectivity index (χ0n) is 12.9. The summed E-state index contributed by atoms with van der Waals surface area (Å²) in [7, 11) is 1.58. The van der Waals surface area contributed by atoms with Crippen LogP contribution in [0.5, 0.6) is 5.75 Å². The molecule has 0 aliphatic carbocycles. The van der Waals surface area contributed by atoms with E-state index in [4.69, 9.17) is 0 Å². The Balaban J connectivity index is 2.14. The van der Waals surface area contributed by atoms with Gasteiger partial charge in [-0.1, -0.05) is 12.1 Å². The van der Waals surface area contributed by atoms with Crippen molar-refractivity contribution in [1.29, 1.82) is 0 Å². The van der Waals surface area contributed by atoms with Gasteiger partial charge >= 0.3 is 6.18 Å². The lowest BCUT2D eigenvalue weighted by Gasteiger charge is -2.17. The van der Waals surface area contributed by atoms with Crippen LogP contribution in [0, 0.1) is 0 Å². The third-order valence-corrected chi connectivity index (χ3v) is 3.38. The number of rotatable bonds is 4. The molecule has 6 nitrogen and oxygen atoms in total. The molecular weight excluding hydrogens is 327 g/mol. The highest BCUT2D eigenvalue weighted by atomic mass is 19.4. The summed E-state index contributed by atoms with van der Waals surface area (Å²) in [6.45, 7) is 1.53. The van der Waals surface area contributed by atoms with Gasteiger partial charge in [-0.25, -0.2) is 0 Å². The van der Waals surface area contributed by atoms with E-state index in [1.165, 1.54) is 23.9 Å². The van der Waals surface area contributed by atoms with Gasteiger partial charge in [-0.2, -0.15) is 18.3 Å². The second-order valence-corrected chi connectivity index (χ2v) is 5.33. The Morgan fingerprint density at radius 2 is 2.04 bits per heavy atom. The van der Waals surface area contributed by atoms with E-state index >= 15 is 0 Å². The van der Waals surface area contributed by atoms with Crippen LogP contribution in [0.1, 0.15) is 35.9 Å². The Labute approximate surface area is 135 Å². The number of carbonyl (C=O) groups is 1. The Bertz CT molecular complexity index is 743. The number of carbonyl (C=O) groups excluding carboxylic acids is 1. The average molecular weight is 343 g/mol. The molecule has 0 aliphatic rings. The largest absolute Gasteiger partial charge is 0.504 e. The van der Waals surface area contributed by atoms with E-state index in [-0.39, 0.29) is 17.0 Å². The number of hydrogen-bond acceptors (Lipinski definition) is 4. The standard InChI is InChI=1S/C15H16F3N3O3/c1-8(12-11(22)7-21(2)20-12)19-14(24)13(23)9-4-3-5-10(6-9)15(16,17)18/h3-8,13,22-23H,1-2H3,(H,19,24). The van der Waals surface area contributed by atoms with Crippen molar-refractivity contribution in [1.82, 2.24) is 15.1 Å². The molecular formula is C15H16F3N3O3. The van der Waals surface area contributed by atoms with Gasteiger partial charge in [0.15, 0.2) is 11.9 Å². The smallest absolute Gasteiger partial charge is 0.416 e. The molecule has 9 heteroatoms. The van der Waals surface area contributed by atoms with Gasteiger partial charge in [-0.15, -0.1) is 0 Å². The number of halogens is 3. The molecule has 2 aromatic rings. The molecule has 0 fully saturated rings. The van der Waals surface area contributed by atoms with Crippen LogP contribution in [-0.4, -0.2) is 25.9 Å². The fourth-order valence-corrected chi connectivity index (χ4v) is 2.20. The lowest BCUT2D eigenvalue weighted by molar-refractivity contribution is -0.138. The first-order valence-corrected chi connectivity index (χ1v) is 6.97. The predicted octanol–water partition coefficient (Wildman–Crippen LogP) is 2.06. The number of hydrogen-bond donors (Lipinski definition) is 3. The number of alkyl halides is 3. The fourth-order valence-electron chi connectivity index (χ4n) is 2.20. The SMILES string of the molecule is CC(NC(=O)C(O)c1cccc(C(F)(F)F)c1)c1nn(C)cc1O. The quantitative estimate of drug-likeness (QED) is 0.793. The van der Waals surface area contributed by atoms with Gasteiger partial charge in [-0.05, 0) is 24.6 Å². The van der Waals surface area contributed by atoms with Gasteiger partial charge in [0.25, 0.3) is 5.91 Å². The van der Waals surface area contributed by atoms with Gasteiger partial charge < -0.3 is 15.5 Å². The van der Waals surface area contributed by atoms with Crippen LogP contribution in [-0.2, 0) is 18.0 Å². The highest BCUT2D eigenvalue weighted by Gasteiger charge is 2.31. The normalized spacial score (nSPS) is 14.2. The van der Waals surface area contributed by atoms with E-state index in [2.05, 4.69) is 10.4 Å². The molecule has 2 rings (SSSR count). The molecule has 0 spiro atoms. The fraction of sp³-hybridized carbons (Fsp3) is 0.333. The first-order valence-electron chi connectivity index (χ1n) is 6.97. The molecule has 24 heavy (non-hydrogen) atoms. The Hall–Kier alpha value is -2.55. The summed E-state index contributed by atoms with van der Waals surface area (Å²) in [5.74, 6) is -1.04. The van der Waals surface area contributed by atoms with Crippen LogP contribution >= 0.6 is 0 Å². The maximum absolute atomic E-state index is 12.7. The van der Waals surface area contributed by atoms with Crippen LogP contribution in [0.2, 0.25) is 0 Å². The van der Waals surface area contributed by atoms with Gasteiger partial charge in [0.1, 0.15) is 5.69 Å². The third kappa shape index (κ3) is 3.85. The first kappa shape index (κ1) is 17.8. The minimum atomic E-state index is -4.57. The van der Waals surface area contributed by atoms with Crippen molar-refractivity contribution in [3.63, 3.8) is 0 Å². The number of aromatic hydroxyl groups is 1. The van der Waals surface area contributed by atoms with Gasteiger partial charge in [0.2, 0.25) is 0 Å². The summed E-state index contributed by atoms with van der Waals surface area (Å²) in [6.07, 6.45) is -5.01. The molecule has 1 aromatic heterocycles. The maximum Gasteiger partial charge on any atom is 0.416 e. The number of aliphatic hydroxyl groups is 1. The third-order valence-electron chi connectivity index (χ3n) is 3.38. The minimum absolute atomic E-state index is 0.140. The lowest BCUT2D eigenvalue weighted by Crippen LogP contribution is -2.32. The number of nitrogens with one attached hydrogen (secondary N) is 1. The van der Waals surface area contributed by atoms with Crippen molar-refractivity contribution >= 4 is 5.91 Å². The Morgan fingerprint density at radius 1 is 1.38 bits per heavy atom. The number of aryl methyl sites for hydroxylation is 1. The first-order chi connectivity index (χ1) is 11.1. The molecule has 0 aliphatic heterocycles. The Kier molecular flexibility index (Phi) is 4.83. The van der Waals surface area contributed by atoms with Crippen molar-refractivity contribution in [2.75, 3.05) is 0 Å². The van der Waals surface area contributed by atoms with Gasteiger partial charge in [-0.3, -0.25) is 9.48 Å². The van der Waals surface area contributed by atoms with E-state index in [1.54, 1.807) is 7.05 Å². The van der Waals surface area contributed by atoms with E-state index in [0.29, 0.717) is 6.07 Å². The highest BCUT2D eigenvalue weighted by molar-refractivity contribution is 5.82. The van der Waals surface area contributed by atoms with Gasteiger partial charge in [0, 0.05) is 7.05 Å². The summed E-state index contributed by atoms with van der Waals surface area (Å²) < 4.78 is 39.4. The number of amides is 1. The Morgan fingerprint density at radius 3 is 2.58 bits per heavy atom. The van der Waals surface area contributed by atoms with E-state index in [0.717, 1.165) is 12.1 Å². The predicted molar refractivity (Wildman–Crippen MR) is 77.8 cm³/mol. The molecule has 1 heterocycles. The summed E-state index contributed by atoms with van der Waals surface area (Å²) >= 11 is 0. The molecule has 2 atom stereocenters. The summed E-state index contributed by atoms with van der Waals surface area (Å²) in [4.78, 5) is 12.0. The summed E-state index contributed by atoms with van der Waals surface area (Å²) in [5, 5.41) is 26.0. The van der Waals surface area contributed by atoms with E-state index in [1.807, 2.05) is 0 Å². The number of benzene rings is 1. The maximum atomic E-state index is 12.7. The summed E-state index contributed by atoms with van der Waals surface area (Å²) in [6, 6.07) is 3.17. The van der Waals surface area contributed by atoms with Crippen molar-refractivity contribution < 1.29 is 28.2 Å². The topological polar surface area (TPSA) is 87.4 Å².